The van der Waals surface area contributed by atoms with Crippen molar-refractivity contribution in [2.24, 2.45) is 5.73 Å². The highest BCUT2D eigenvalue weighted by atomic mass is 32.1. The van der Waals surface area contributed by atoms with E-state index in [-0.39, 0.29) is 12.0 Å². The molecule has 3 N–H and O–H groups in total. The molecule has 1 aliphatic rings. The molecule has 0 bridgehead atoms. The molecule has 1 amide bonds. The minimum Gasteiger partial charge on any atom is -0.376 e. The molecule has 94 valence electrons. The van der Waals surface area contributed by atoms with E-state index >= 15 is 0 Å². The first-order valence-corrected chi connectivity index (χ1v) is 6.29. The standard InChI is InChI=1S/C10H15N3O3S/c11-3-9-13-8(6-17-9)10(14)12-4-7-5-15-1-2-16-7/h6-7H,1-5,11H2,(H,12,14). The number of carbonyl (C=O) groups is 1. The lowest BCUT2D eigenvalue weighted by molar-refractivity contribution is -0.0855. The Bertz CT molecular complexity index is 377. The molecule has 0 saturated carbocycles. The number of rotatable bonds is 4. The largest absolute Gasteiger partial charge is 0.376 e. The molecule has 1 aliphatic heterocycles. The summed E-state index contributed by atoms with van der Waals surface area (Å²) in [6.45, 7) is 2.52. The van der Waals surface area contributed by atoms with Gasteiger partial charge in [-0.05, 0) is 0 Å². The maximum Gasteiger partial charge on any atom is 0.270 e. The summed E-state index contributed by atoms with van der Waals surface area (Å²) in [5.74, 6) is -0.199. The number of amides is 1. The highest BCUT2D eigenvalue weighted by Gasteiger charge is 2.16. The molecule has 1 unspecified atom stereocenters. The van der Waals surface area contributed by atoms with Crippen LogP contribution in [0.15, 0.2) is 5.38 Å². The highest BCUT2D eigenvalue weighted by Crippen LogP contribution is 2.08. The summed E-state index contributed by atoms with van der Waals surface area (Å²) in [6, 6.07) is 0. The third-order valence-corrected chi connectivity index (χ3v) is 3.21. The average Bonchev–Trinajstić information content (AvgIpc) is 2.86. The summed E-state index contributed by atoms with van der Waals surface area (Å²) in [5, 5.41) is 5.23. The van der Waals surface area contributed by atoms with E-state index in [0.29, 0.717) is 38.6 Å². The molecule has 1 atom stereocenters. The van der Waals surface area contributed by atoms with Crippen LogP contribution in [-0.4, -0.2) is 43.4 Å². The lowest BCUT2D eigenvalue weighted by Crippen LogP contribution is -2.39. The molecule has 2 rings (SSSR count). The van der Waals surface area contributed by atoms with Crippen molar-refractivity contribution in [3.63, 3.8) is 0 Å². The molecule has 7 heteroatoms. The Balaban J connectivity index is 1.80. The van der Waals surface area contributed by atoms with E-state index in [1.807, 2.05) is 0 Å². The van der Waals surface area contributed by atoms with Crippen molar-refractivity contribution in [1.82, 2.24) is 10.3 Å². The summed E-state index contributed by atoms with van der Waals surface area (Å²) in [5.41, 5.74) is 5.84. The second-order valence-corrected chi connectivity index (χ2v) is 4.55. The second kappa shape index (κ2) is 6.06. The van der Waals surface area contributed by atoms with E-state index in [1.165, 1.54) is 11.3 Å². The summed E-state index contributed by atoms with van der Waals surface area (Å²) in [4.78, 5) is 15.8. The molecule has 17 heavy (non-hydrogen) atoms. The number of ether oxygens (including phenoxy) is 2. The van der Waals surface area contributed by atoms with Crippen molar-refractivity contribution in [3.8, 4) is 0 Å². The maximum atomic E-state index is 11.7. The van der Waals surface area contributed by atoms with Crippen LogP contribution in [0.2, 0.25) is 0 Å². The number of nitrogens with zero attached hydrogens (tertiary/aromatic N) is 1. The van der Waals surface area contributed by atoms with Crippen molar-refractivity contribution in [2.75, 3.05) is 26.4 Å². The average molecular weight is 257 g/mol. The van der Waals surface area contributed by atoms with Crippen LogP contribution in [0.5, 0.6) is 0 Å². The maximum absolute atomic E-state index is 11.7. The fraction of sp³-hybridized carbons (Fsp3) is 0.600. The minimum absolute atomic E-state index is 0.0692. The van der Waals surface area contributed by atoms with Gasteiger partial charge in [0.15, 0.2) is 0 Å². The fourth-order valence-electron chi connectivity index (χ4n) is 1.46. The summed E-state index contributed by atoms with van der Waals surface area (Å²) in [6.07, 6.45) is -0.0692. The number of hydrogen-bond acceptors (Lipinski definition) is 6. The van der Waals surface area contributed by atoms with Crippen molar-refractivity contribution in [3.05, 3.63) is 16.1 Å². The number of nitrogens with one attached hydrogen (secondary N) is 1. The normalized spacial score (nSPS) is 20.2. The molecule has 0 aromatic carbocycles. The van der Waals surface area contributed by atoms with E-state index in [1.54, 1.807) is 5.38 Å². The van der Waals surface area contributed by atoms with Crippen LogP contribution in [0.25, 0.3) is 0 Å². The van der Waals surface area contributed by atoms with Crippen LogP contribution in [0.4, 0.5) is 0 Å². The van der Waals surface area contributed by atoms with Crippen LogP contribution in [0.1, 0.15) is 15.5 Å². The van der Waals surface area contributed by atoms with Gasteiger partial charge in [0.05, 0.1) is 25.9 Å². The topological polar surface area (TPSA) is 86.5 Å². The Hall–Kier alpha value is -1.02. The molecule has 1 fully saturated rings. The Morgan fingerprint density at radius 3 is 3.18 bits per heavy atom. The van der Waals surface area contributed by atoms with Gasteiger partial charge in [0, 0.05) is 18.5 Å². The summed E-state index contributed by atoms with van der Waals surface area (Å²) >= 11 is 1.39. The zero-order chi connectivity index (χ0) is 12.1. The van der Waals surface area contributed by atoms with Gasteiger partial charge in [0.25, 0.3) is 5.91 Å². The number of hydrogen-bond donors (Lipinski definition) is 2. The van der Waals surface area contributed by atoms with Crippen molar-refractivity contribution >= 4 is 17.2 Å². The molecule has 1 aromatic rings. The molecule has 2 heterocycles. The molecule has 6 nitrogen and oxygen atoms in total. The number of aromatic nitrogens is 1. The highest BCUT2D eigenvalue weighted by molar-refractivity contribution is 7.09. The Labute approximate surface area is 103 Å². The van der Waals surface area contributed by atoms with E-state index in [9.17, 15) is 4.79 Å². The number of carbonyl (C=O) groups excluding carboxylic acids is 1. The second-order valence-electron chi connectivity index (χ2n) is 3.61. The monoisotopic (exact) mass is 257 g/mol. The van der Waals surface area contributed by atoms with E-state index in [2.05, 4.69) is 10.3 Å². The van der Waals surface area contributed by atoms with E-state index in [0.717, 1.165) is 5.01 Å². The molecule has 1 saturated heterocycles. The first-order chi connectivity index (χ1) is 8.29. The van der Waals surface area contributed by atoms with Gasteiger partial charge in [-0.25, -0.2) is 4.98 Å². The Kier molecular flexibility index (Phi) is 4.43. The summed E-state index contributed by atoms with van der Waals surface area (Å²) in [7, 11) is 0. The quantitative estimate of drug-likeness (QED) is 0.776. The van der Waals surface area contributed by atoms with Gasteiger partial charge in [0.1, 0.15) is 10.7 Å². The van der Waals surface area contributed by atoms with Crippen LogP contribution in [0.3, 0.4) is 0 Å². The van der Waals surface area contributed by atoms with Gasteiger partial charge < -0.3 is 20.5 Å². The first-order valence-electron chi connectivity index (χ1n) is 5.41. The zero-order valence-corrected chi connectivity index (χ0v) is 10.2. The Morgan fingerprint density at radius 2 is 2.53 bits per heavy atom. The van der Waals surface area contributed by atoms with E-state index < -0.39 is 0 Å². The predicted molar refractivity (Wildman–Crippen MR) is 62.9 cm³/mol. The number of nitrogens with two attached hydrogens (primary N) is 1. The molecule has 1 aromatic heterocycles. The smallest absolute Gasteiger partial charge is 0.270 e. The number of thiazole rings is 1. The van der Waals surface area contributed by atoms with E-state index in [4.69, 9.17) is 15.2 Å². The van der Waals surface area contributed by atoms with Gasteiger partial charge in [-0.2, -0.15) is 0 Å². The zero-order valence-electron chi connectivity index (χ0n) is 9.35. The van der Waals surface area contributed by atoms with Gasteiger partial charge in [-0.1, -0.05) is 0 Å². The molecule has 0 aliphatic carbocycles. The van der Waals surface area contributed by atoms with Crippen molar-refractivity contribution < 1.29 is 14.3 Å². The lowest BCUT2D eigenvalue weighted by Gasteiger charge is -2.22. The third kappa shape index (κ3) is 3.47. The van der Waals surface area contributed by atoms with Gasteiger partial charge in [0.2, 0.25) is 0 Å². The lowest BCUT2D eigenvalue weighted by atomic mass is 10.3. The van der Waals surface area contributed by atoms with Gasteiger partial charge >= 0.3 is 0 Å². The van der Waals surface area contributed by atoms with Crippen LogP contribution >= 0.6 is 11.3 Å². The SMILES string of the molecule is NCc1nc(C(=O)NCC2COCCO2)cs1. The van der Waals surface area contributed by atoms with Crippen molar-refractivity contribution in [1.29, 1.82) is 0 Å². The first kappa shape index (κ1) is 12.4. The third-order valence-electron chi connectivity index (χ3n) is 2.33. The summed E-state index contributed by atoms with van der Waals surface area (Å²) < 4.78 is 10.6. The molecular formula is C10H15N3O3S. The predicted octanol–water partition coefficient (Wildman–Crippen LogP) is -0.253. The molecular weight excluding hydrogens is 242 g/mol. The molecule has 0 spiro atoms. The minimum atomic E-state index is -0.199. The van der Waals surface area contributed by atoms with Crippen molar-refractivity contribution in [2.45, 2.75) is 12.6 Å². The molecule has 0 radical (unpaired) electrons. The van der Waals surface area contributed by atoms with Crippen LogP contribution in [-0.2, 0) is 16.0 Å². The van der Waals surface area contributed by atoms with Crippen LogP contribution < -0.4 is 11.1 Å². The van der Waals surface area contributed by atoms with Gasteiger partial charge in [-0.3, -0.25) is 4.79 Å². The fourth-order valence-corrected chi connectivity index (χ4v) is 2.12. The van der Waals surface area contributed by atoms with Gasteiger partial charge in [-0.15, -0.1) is 11.3 Å². The Morgan fingerprint density at radius 1 is 1.65 bits per heavy atom. The van der Waals surface area contributed by atoms with Crippen LogP contribution in [0, 0.1) is 0 Å².